The van der Waals surface area contributed by atoms with Crippen molar-refractivity contribution in [1.29, 1.82) is 5.41 Å². The summed E-state index contributed by atoms with van der Waals surface area (Å²) in [6.45, 7) is 3.09. The molecule has 3 N–H and O–H groups in total. The van der Waals surface area contributed by atoms with Crippen molar-refractivity contribution in [2.24, 2.45) is 0 Å². The Kier molecular flexibility index (Phi) is 8.87. The molecule has 4 rings (SSSR count). The molecular formula is C24H28Cl2N6O4. The number of guanidine groups is 1. The topological polar surface area (TPSA) is 114 Å². The molecule has 0 radical (unpaired) electrons. The number of benzene rings is 2. The van der Waals surface area contributed by atoms with Crippen LogP contribution in [0, 0.1) is 5.41 Å². The molecule has 1 aromatic heterocycles. The first-order valence-electron chi connectivity index (χ1n) is 11.3. The molecule has 1 atom stereocenters. The van der Waals surface area contributed by atoms with Gasteiger partial charge in [0.2, 0.25) is 0 Å². The zero-order valence-corrected chi connectivity index (χ0v) is 21.5. The van der Waals surface area contributed by atoms with E-state index < -0.39 is 0 Å². The molecule has 0 aliphatic carbocycles. The highest BCUT2D eigenvalue weighted by atomic mass is 35.5. The van der Waals surface area contributed by atoms with E-state index in [1.807, 2.05) is 23.1 Å². The zero-order chi connectivity index (χ0) is 25.5. The van der Waals surface area contributed by atoms with Crippen LogP contribution in [-0.2, 0) is 9.47 Å². The minimum Gasteiger partial charge on any atom is -0.493 e. The van der Waals surface area contributed by atoms with E-state index in [9.17, 15) is 0 Å². The first kappa shape index (κ1) is 26.0. The summed E-state index contributed by atoms with van der Waals surface area (Å²) >= 11 is 12.2. The molecule has 12 heteroatoms. The van der Waals surface area contributed by atoms with Gasteiger partial charge in [0.15, 0.2) is 17.5 Å². The molecule has 2 heterocycles. The van der Waals surface area contributed by atoms with Gasteiger partial charge in [-0.1, -0.05) is 23.2 Å². The Morgan fingerprint density at radius 3 is 2.81 bits per heavy atom. The van der Waals surface area contributed by atoms with E-state index in [2.05, 4.69) is 20.6 Å². The highest BCUT2D eigenvalue weighted by Crippen LogP contribution is 2.35. The second-order valence-corrected chi connectivity index (χ2v) is 8.83. The molecule has 1 aliphatic rings. The van der Waals surface area contributed by atoms with Gasteiger partial charge < -0.3 is 34.5 Å². The summed E-state index contributed by atoms with van der Waals surface area (Å²) in [5.74, 6) is 2.02. The third-order valence-corrected chi connectivity index (χ3v) is 6.32. The summed E-state index contributed by atoms with van der Waals surface area (Å²) in [7, 11) is 3.21. The molecule has 192 valence electrons. The summed E-state index contributed by atoms with van der Waals surface area (Å²) in [5.41, 5.74) is 1.42. The van der Waals surface area contributed by atoms with E-state index in [0.29, 0.717) is 78.3 Å². The Morgan fingerprint density at radius 2 is 2.03 bits per heavy atom. The SMILES string of the molecule is COCCNC(=N)N1CCOC(COc2cc3ncnc(Nc4ccc(Cl)c(Cl)c4)c3cc2OC)C1. The van der Waals surface area contributed by atoms with Gasteiger partial charge in [0, 0.05) is 37.3 Å². The molecule has 1 unspecified atom stereocenters. The fourth-order valence-electron chi connectivity index (χ4n) is 3.74. The first-order valence-corrected chi connectivity index (χ1v) is 12.1. The second kappa shape index (κ2) is 12.3. The van der Waals surface area contributed by atoms with Gasteiger partial charge in [0.1, 0.15) is 24.9 Å². The number of morpholine rings is 1. The Labute approximate surface area is 219 Å². The molecule has 1 saturated heterocycles. The Morgan fingerprint density at radius 1 is 1.17 bits per heavy atom. The zero-order valence-electron chi connectivity index (χ0n) is 20.0. The lowest BCUT2D eigenvalue weighted by atomic mass is 10.2. The maximum Gasteiger partial charge on any atom is 0.191 e. The summed E-state index contributed by atoms with van der Waals surface area (Å²) in [5, 5.41) is 16.2. The lowest BCUT2D eigenvalue weighted by molar-refractivity contribution is -0.0300. The standard InChI is InChI=1S/C24H28Cl2N6O4/c1-33-7-5-28-24(27)32-6-8-35-16(12-32)13-36-22-11-20-17(10-21(22)34-2)23(30-14-29-20)31-15-3-4-18(25)19(26)9-15/h3-4,9-11,14,16H,5-8,12-13H2,1-2H3,(H2,27,28)(H,29,30,31). The van der Waals surface area contributed by atoms with E-state index in [1.54, 1.807) is 26.4 Å². The Hall–Kier alpha value is -3.05. The molecule has 2 aromatic carbocycles. The van der Waals surface area contributed by atoms with Crippen LogP contribution >= 0.6 is 23.2 Å². The summed E-state index contributed by atoms with van der Waals surface area (Å²) in [6, 6.07) is 8.90. The van der Waals surface area contributed by atoms with Crippen molar-refractivity contribution in [2.45, 2.75) is 6.10 Å². The lowest BCUT2D eigenvalue weighted by Gasteiger charge is -2.34. The average Bonchev–Trinajstić information content (AvgIpc) is 2.89. The third kappa shape index (κ3) is 6.38. The number of fused-ring (bicyclic) bond motifs is 1. The number of hydrogen-bond donors (Lipinski definition) is 3. The van der Waals surface area contributed by atoms with E-state index in [0.717, 1.165) is 11.1 Å². The number of rotatable bonds is 9. The molecule has 1 aliphatic heterocycles. The highest BCUT2D eigenvalue weighted by molar-refractivity contribution is 6.42. The van der Waals surface area contributed by atoms with Crippen molar-refractivity contribution >= 4 is 51.6 Å². The number of methoxy groups -OCH3 is 2. The van der Waals surface area contributed by atoms with Gasteiger partial charge in [-0.25, -0.2) is 9.97 Å². The van der Waals surface area contributed by atoms with Crippen molar-refractivity contribution in [2.75, 3.05) is 59.0 Å². The van der Waals surface area contributed by atoms with Crippen molar-refractivity contribution in [3.63, 3.8) is 0 Å². The maximum absolute atomic E-state index is 8.23. The molecule has 0 spiro atoms. The van der Waals surface area contributed by atoms with Crippen LogP contribution in [0.4, 0.5) is 11.5 Å². The number of nitrogens with one attached hydrogen (secondary N) is 3. The third-order valence-electron chi connectivity index (χ3n) is 5.58. The van der Waals surface area contributed by atoms with Crippen LogP contribution in [0.1, 0.15) is 0 Å². The number of nitrogens with zero attached hydrogens (tertiary/aromatic N) is 3. The minimum absolute atomic E-state index is 0.207. The molecule has 10 nitrogen and oxygen atoms in total. The van der Waals surface area contributed by atoms with Crippen molar-refractivity contribution in [3.05, 3.63) is 46.7 Å². The van der Waals surface area contributed by atoms with E-state index in [4.69, 9.17) is 47.6 Å². The minimum atomic E-state index is -0.207. The van der Waals surface area contributed by atoms with Crippen LogP contribution in [0.2, 0.25) is 10.0 Å². The van der Waals surface area contributed by atoms with E-state index in [-0.39, 0.29) is 6.10 Å². The molecule has 36 heavy (non-hydrogen) atoms. The van der Waals surface area contributed by atoms with Crippen LogP contribution in [-0.4, -0.2) is 80.6 Å². The van der Waals surface area contributed by atoms with Crippen LogP contribution < -0.4 is 20.1 Å². The predicted molar refractivity (Wildman–Crippen MR) is 140 cm³/mol. The maximum atomic E-state index is 8.23. The van der Waals surface area contributed by atoms with Gasteiger partial charge >= 0.3 is 0 Å². The molecule has 0 amide bonds. The number of ether oxygens (including phenoxy) is 4. The summed E-state index contributed by atoms with van der Waals surface area (Å²) in [4.78, 5) is 10.7. The van der Waals surface area contributed by atoms with Crippen molar-refractivity contribution in [3.8, 4) is 11.5 Å². The fraction of sp³-hybridized carbons (Fsp3) is 0.375. The van der Waals surface area contributed by atoms with E-state index in [1.165, 1.54) is 6.33 Å². The van der Waals surface area contributed by atoms with Crippen LogP contribution in [0.15, 0.2) is 36.7 Å². The molecule has 3 aromatic rings. The van der Waals surface area contributed by atoms with Gasteiger partial charge in [0.25, 0.3) is 0 Å². The average molecular weight is 535 g/mol. The molecule has 0 saturated carbocycles. The van der Waals surface area contributed by atoms with Gasteiger partial charge in [-0.3, -0.25) is 5.41 Å². The quantitative estimate of drug-likeness (QED) is 0.213. The van der Waals surface area contributed by atoms with Crippen LogP contribution in [0.5, 0.6) is 11.5 Å². The van der Waals surface area contributed by atoms with Crippen LogP contribution in [0.25, 0.3) is 10.9 Å². The van der Waals surface area contributed by atoms with Crippen LogP contribution in [0.3, 0.4) is 0 Å². The highest BCUT2D eigenvalue weighted by Gasteiger charge is 2.23. The van der Waals surface area contributed by atoms with E-state index >= 15 is 0 Å². The van der Waals surface area contributed by atoms with Gasteiger partial charge in [-0.05, 0) is 24.3 Å². The number of halogens is 2. The number of hydrogen-bond acceptors (Lipinski definition) is 8. The largest absolute Gasteiger partial charge is 0.493 e. The predicted octanol–water partition coefficient (Wildman–Crippen LogP) is 3.94. The fourth-order valence-corrected chi connectivity index (χ4v) is 4.03. The normalized spacial score (nSPS) is 15.6. The smallest absolute Gasteiger partial charge is 0.191 e. The number of anilines is 2. The van der Waals surface area contributed by atoms with Gasteiger partial charge in [-0.2, -0.15) is 0 Å². The summed E-state index contributed by atoms with van der Waals surface area (Å²) in [6.07, 6.45) is 1.27. The molecule has 1 fully saturated rings. The monoisotopic (exact) mass is 534 g/mol. The van der Waals surface area contributed by atoms with Gasteiger partial charge in [0.05, 0.1) is 42.4 Å². The molecular weight excluding hydrogens is 507 g/mol. The van der Waals surface area contributed by atoms with Crippen molar-refractivity contribution < 1.29 is 18.9 Å². The molecule has 0 bridgehead atoms. The van der Waals surface area contributed by atoms with Gasteiger partial charge in [-0.15, -0.1) is 0 Å². The summed E-state index contributed by atoms with van der Waals surface area (Å²) < 4.78 is 22.6. The Balaban J connectivity index is 1.46. The number of aromatic nitrogens is 2. The first-order chi connectivity index (χ1) is 17.5. The lowest BCUT2D eigenvalue weighted by Crippen LogP contribution is -2.51. The Bertz CT molecular complexity index is 1210. The van der Waals surface area contributed by atoms with Crippen molar-refractivity contribution in [1.82, 2.24) is 20.2 Å². The second-order valence-electron chi connectivity index (χ2n) is 8.01.